The van der Waals surface area contributed by atoms with Crippen LogP contribution in [-0.2, 0) is 17.6 Å². The Morgan fingerprint density at radius 1 is 1.07 bits per heavy atom. The van der Waals surface area contributed by atoms with E-state index in [4.69, 9.17) is 4.74 Å². The fourth-order valence-corrected chi connectivity index (χ4v) is 1.53. The SMILES string of the molecule is COCCc1ccc(CC(C)C)cc1. The van der Waals surface area contributed by atoms with Gasteiger partial charge in [0.15, 0.2) is 0 Å². The number of hydrogen-bond acceptors (Lipinski definition) is 1. The van der Waals surface area contributed by atoms with Gasteiger partial charge in [-0.25, -0.2) is 0 Å². The second kappa shape index (κ2) is 5.82. The highest BCUT2D eigenvalue weighted by atomic mass is 16.5. The molecule has 1 nitrogen and oxygen atoms in total. The highest BCUT2D eigenvalue weighted by Gasteiger charge is 1.97. The molecule has 0 saturated carbocycles. The van der Waals surface area contributed by atoms with Crippen LogP contribution in [0.2, 0.25) is 0 Å². The Balaban J connectivity index is 2.50. The molecule has 0 aromatic heterocycles. The summed E-state index contributed by atoms with van der Waals surface area (Å²) in [5.74, 6) is 0.736. The predicted molar refractivity (Wildman–Crippen MR) is 60.6 cm³/mol. The van der Waals surface area contributed by atoms with E-state index in [1.807, 2.05) is 0 Å². The standard InChI is InChI=1S/C13H20O/c1-11(2)10-13-6-4-12(5-7-13)8-9-14-3/h4-7,11H,8-10H2,1-3H3. The van der Waals surface area contributed by atoms with Crippen molar-refractivity contribution in [2.75, 3.05) is 13.7 Å². The van der Waals surface area contributed by atoms with Crippen LogP contribution < -0.4 is 0 Å². The van der Waals surface area contributed by atoms with Crippen LogP contribution in [-0.4, -0.2) is 13.7 Å². The monoisotopic (exact) mass is 192 g/mol. The van der Waals surface area contributed by atoms with Crippen LogP contribution in [0, 0.1) is 5.92 Å². The van der Waals surface area contributed by atoms with E-state index in [0.717, 1.165) is 18.9 Å². The Kier molecular flexibility index (Phi) is 4.68. The third kappa shape index (κ3) is 3.93. The summed E-state index contributed by atoms with van der Waals surface area (Å²) in [4.78, 5) is 0. The molecule has 0 bridgehead atoms. The Hall–Kier alpha value is -0.820. The van der Waals surface area contributed by atoms with Crippen molar-refractivity contribution in [2.45, 2.75) is 26.7 Å². The van der Waals surface area contributed by atoms with Crippen LogP contribution in [0.15, 0.2) is 24.3 Å². The smallest absolute Gasteiger partial charge is 0.0502 e. The molecule has 0 heterocycles. The van der Waals surface area contributed by atoms with Crippen LogP contribution in [0.25, 0.3) is 0 Å². The summed E-state index contributed by atoms with van der Waals surface area (Å²) in [6, 6.07) is 8.86. The summed E-state index contributed by atoms with van der Waals surface area (Å²) in [5.41, 5.74) is 2.79. The van der Waals surface area contributed by atoms with E-state index in [1.54, 1.807) is 7.11 Å². The lowest BCUT2D eigenvalue weighted by Crippen LogP contribution is -1.96. The molecule has 0 saturated heterocycles. The first-order chi connectivity index (χ1) is 6.72. The number of benzene rings is 1. The van der Waals surface area contributed by atoms with Crippen molar-refractivity contribution in [1.29, 1.82) is 0 Å². The van der Waals surface area contributed by atoms with Gasteiger partial charge in [-0.05, 0) is 29.9 Å². The Morgan fingerprint density at radius 3 is 2.14 bits per heavy atom. The van der Waals surface area contributed by atoms with Crippen molar-refractivity contribution in [3.05, 3.63) is 35.4 Å². The molecule has 1 heteroatoms. The van der Waals surface area contributed by atoms with E-state index in [1.165, 1.54) is 17.5 Å². The molecule has 14 heavy (non-hydrogen) atoms. The van der Waals surface area contributed by atoms with E-state index >= 15 is 0 Å². The molecule has 0 fully saturated rings. The number of hydrogen-bond donors (Lipinski definition) is 0. The van der Waals surface area contributed by atoms with Crippen LogP contribution in [0.4, 0.5) is 0 Å². The highest BCUT2D eigenvalue weighted by Crippen LogP contribution is 2.10. The molecule has 0 aliphatic heterocycles. The van der Waals surface area contributed by atoms with E-state index in [9.17, 15) is 0 Å². The van der Waals surface area contributed by atoms with Crippen molar-refractivity contribution in [3.63, 3.8) is 0 Å². The summed E-state index contributed by atoms with van der Waals surface area (Å²) in [6.45, 7) is 5.31. The molecule has 0 spiro atoms. The van der Waals surface area contributed by atoms with Crippen molar-refractivity contribution in [1.82, 2.24) is 0 Å². The van der Waals surface area contributed by atoms with Crippen molar-refractivity contribution >= 4 is 0 Å². The summed E-state index contributed by atoms with van der Waals surface area (Å²) < 4.78 is 5.04. The van der Waals surface area contributed by atoms with Gasteiger partial charge in [0.1, 0.15) is 0 Å². The fourth-order valence-electron chi connectivity index (χ4n) is 1.53. The van der Waals surface area contributed by atoms with Gasteiger partial charge in [-0.2, -0.15) is 0 Å². The van der Waals surface area contributed by atoms with Gasteiger partial charge < -0.3 is 4.74 Å². The molecule has 78 valence electrons. The number of rotatable bonds is 5. The first-order valence-corrected chi connectivity index (χ1v) is 5.29. The maximum absolute atomic E-state index is 5.04. The Bertz CT molecular complexity index is 248. The topological polar surface area (TPSA) is 9.23 Å². The third-order valence-electron chi connectivity index (χ3n) is 2.26. The van der Waals surface area contributed by atoms with Gasteiger partial charge in [0.25, 0.3) is 0 Å². The lowest BCUT2D eigenvalue weighted by Gasteiger charge is -2.06. The zero-order valence-electron chi connectivity index (χ0n) is 9.42. The molecule has 1 aromatic rings. The average molecular weight is 192 g/mol. The normalized spacial score (nSPS) is 10.9. The average Bonchev–Trinajstić information content (AvgIpc) is 2.16. The van der Waals surface area contributed by atoms with Crippen molar-refractivity contribution in [3.8, 4) is 0 Å². The second-order valence-corrected chi connectivity index (χ2v) is 4.16. The molecule has 0 N–H and O–H groups in total. The second-order valence-electron chi connectivity index (χ2n) is 4.16. The molecule has 0 radical (unpaired) electrons. The van der Waals surface area contributed by atoms with Gasteiger partial charge in [0, 0.05) is 7.11 Å². The van der Waals surface area contributed by atoms with Crippen molar-refractivity contribution in [2.24, 2.45) is 5.92 Å². The molecule has 0 aliphatic carbocycles. The molecule has 1 rings (SSSR count). The first kappa shape index (κ1) is 11.3. The van der Waals surface area contributed by atoms with Crippen LogP contribution in [0.5, 0.6) is 0 Å². The lowest BCUT2D eigenvalue weighted by atomic mass is 10.0. The zero-order valence-corrected chi connectivity index (χ0v) is 9.42. The quantitative estimate of drug-likeness (QED) is 0.696. The zero-order chi connectivity index (χ0) is 10.4. The van der Waals surface area contributed by atoms with Crippen LogP contribution in [0.3, 0.4) is 0 Å². The number of ether oxygens (including phenoxy) is 1. The van der Waals surface area contributed by atoms with E-state index in [0.29, 0.717) is 0 Å². The third-order valence-corrected chi connectivity index (χ3v) is 2.26. The Labute approximate surface area is 87.1 Å². The fraction of sp³-hybridized carbons (Fsp3) is 0.538. The minimum atomic E-state index is 0.736. The van der Waals surface area contributed by atoms with Gasteiger partial charge in [0.2, 0.25) is 0 Å². The number of methoxy groups -OCH3 is 1. The van der Waals surface area contributed by atoms with Gasteiger partial charge >= 0.3 is 0 Å². The molecule has 0 amide bonds. The van der Waals surface area contributed by atoms with Gasteiger partial charge in [-0.3, -0.25) is 0 Å². The predicted octanol–water partition coefficient (Wildman–Crippen LogP) is 3.07. The van der Waals surface area contributed by atoms with E-state index in [-0.39, 0.29) is 0 Å². The lowest BCUT2D eigenvalue weighted by molar-refractivity contribution is 0.202. The maximum Gasteiger partial charge on any atom is 0.0502 e. The summed E-state index contributed by atoms with van der Waals surface area (Å²) in [6.07, 6.45) is 2.18. The van der Waals surface area contributed by atoms with Gasteiger partial charge in [0.05, 0.1) is 6.61 Å². The minimum Gasteiger partial charge on any atom is -0.384 e. The maximum atomic E-state index is 5.04. The molecular weight excluding hydrogens is 172 g/mol. The molecular formula is C13H20O. The molecule has 1 aromatic carbocycles. The summed E-state index contributed by atoms with van der Waals surface area (Å²) in [7, 11) is 1.74. The van der Waals surface area contributed by atoms with Crippen LogP contribution in [0.1, 0.15) is 25.0 Å². The van der Waals surface area contributed by atoms with Gasteiger partial charge in [-0.15, -0.1) is 0 Å². The first-order valence-electron chi connectivity index (χ1n) is 5.29. The summed E-state index contributed by atoms with van der Waals surface area (Å²) >= 11 is 0. The highest BCUT2D eigenvalue weighted by molar-refractivity contribution is 5.22. The molecule has 0 atom stereocenters. The molecule has 0 unspecified atom stereocenters. The van der Waals surface area contributed by atoms with Crippen molar-refractivity contribution < 1.29 is 4.74 Å². The van der Waals surface area contributed by atoms with E-state index < -0.39 is 0 Å². The minimum absolute atomic E-state index is 0.736. The van der Waals surface area contributed by atoms with Gasteiger partial charge in [-0.1, -0.05) is 38.1 Å². The largest absolute Gasteiger partial charge is 0.384 e. The molecule has 0 aliphatic rings. The Morgan fingerprint density at radius 2 is 1.64 bits per heavy atom. The van der Waals surface area contributed by atoms with E-state index in [2.05, 4.69) is 38.1 Å². The van der Waals surface area contributed by atoms with Crippen LogP contribution >= 0.6 is 0 Å². The summed E-state index contributed by atoms with van der Waals surface area (Å²) in [5, 5.41) is 0.